The first-order chi connectivity index (χ1) is 11.3. The van der Waals surface area contributed by atoms with Crippen LogP contribution in [0.25, 0.3) is 6.08 Å². The molecule has 1 aromatic carbocycles. The van der Waals surface area contributed by atoms with Gasteiger partial charge in [0, 0.05) is 24.2 Å². The molecular formula is C17H19ClN4O2. The van der Waals surface area contributed by atoms with Crippen LogP contribution in [0, 0.1) is 0 Å². The molecule has 1 fully saturated rings. The highest BCUT2D eigenvalue weighted by atomic mass is 35.5. The molecule has 0 saturated carbocycles. The number of aliphatic hydroxyl groups is 1. The maximum absolute atomic E-state index is 12.1. The van der Waals surface area contributed by atoms with Gasteiger partial charge in [-0.3, -0.25) is 4.79 Å². The fraction of sp³-hybridized carbons (Fsp3) is 0.353. The van der Waals surface area contributed by atoms with Crippen molar-refractivity contribution in [2.24, 2.45) is 0 Å². The Kier molecular flexibility index (Phi) is 4.43. The number of carbonyl (C=O) groups excluding carboxylic acids is 1. The molecule has 0 bridgehead atoms. The topological polar surface area (TPSA) is 71.2 Å². The molecule has 24 heavy (non-hydrogen) atoms. The van der Waals surface area contributed by atoms with Crippen LogP contribution in [0.1, 0.15) is 31.1 Å². The van der Waals surface area contributed by atoms with Crippen molar-refractivity contribution < 1.29 is 9.90 Å². The third-order valence-electron chi connectivity index (χ3n) is 3.97. The molecule has 0 radical (unpaired) electrons. The van der Waals surface area contributed by atoms with Gasteiger partial charge in [-0.2, -0.15) is 0 Å². The Morgan fingerprint density at radius 3 is 2.58 bits per heavy atom. The zero-order chi connectivity index (χ0) is 17.3. The predicted molar refractivity (Wildman–Crippen MR) is 91.4 cm³/mol. The summed E-state index contributed by atoms with van der Waals surface area (Å²) in [6.45, 7) is 4.50. The molecule has 2 heterocycles. The van der Waals surface area contributed by atoms with E-state index in [0.717, 1.165) is 5.56 Å². The standard InChI is InChI=1S/C17H19ClN4O2/c1-17(2,24)15-11-22(20-19-15)14-9-21(10-14)16(23)8-5-12-3-6-13(18)7-4-12/h3-8,11,14,24H,9-10H2,1-2H3. The lowest BCUT2D eigenvalue weighted by Gasteiger charge is -2.38. The first kappa shape index (κ1) is 16.7. The lowest BCUT2D eigenvalue weighted by atomic mass is 10.1. The maximum Gasteiger partial charge on any atom is 0.246 e. The van der Waals surface area contributed by atoms with E-state index in [2.05, 4.69) is 10.3 Å². The summed E-state index contributed by atoms with van der Waals surface area (Å²) >= 11 is 5.83. The quantitative estimate of drug-likeness (QED) is 0.862. The number of amides is 1. The Morgan fingerprint density at radius 2 is 2.00 bits per heavy atom. The van der Waals surface area contributed by atoms with Crippen molar-refractivity contribution in [1.29, 1.82) is 0 Å². The Bertz CT molecular complexity index is 756. The van der Waals surface area contributed by atoms with Gasteiger partial charge in [0.2, 0.25) is 5.91 Å². The van der Waals surface area contributed by atoms with E-state index >= 15 is 0 Å². The second kappa shape index (κ2) is 6.37. The molecule has 1 N–H and O–H groups in total. The molecule has 1 aliphatic rings. The number of benzene rings is 1. The largest absolute Gasteiger partial charge is 0.384 e. The Morgan fingerprint density at radius 1 is 1.33 bits per heavy atom. The van der Waals surface area contributed by atoms with Gasteiger partial charge in [0.25, 0.3) is 0 Å². The second-order valence-electron chi connectivity index (χ2n) is 6.42. The third-order valence-corrected chi connectivity index (χ3v) is 4.23. The number of aromatic nitrogens is 3. The van der Waals surface area contributed by atoms with Crippen molar-refractivity contribution in [2.75, 3.05) is 13.1 Å². The van der Waals surface area contributed by atoms with Crippen molar-refractivity contribution >= 4 is 23.6 Å². The number of likely N-dealkylation sites (tertiary alicyclic amines) is 1. The van der Waals surface area contributed by atoms with Crippen LogP contribution in [0.15, 0.2) is 36.5 Å². The number of carbonyl (C=O) groups is 1. The van der Waals surface area contributed by atoms with Crippen LogP contribution in [0.4, 0.5) is 0 Å². The summed E-state index contributed by atoms with van der Waals surface area (Å²) in [5.41, 5.74) is 0.435. The highest BCUT2D eigenvalue weighted by Crippen LogP contribution is 2.23. The van der Waals surface area contributed by atoms with E-state index in [1.54, 1.807) is 53.9 Å². The molecule has 1 aliphatic heterocycles. The van der Waals surface area contributed by atoms with Crippen molar-refractivity contribution in [1.82, 2.24) is 19.9 Å². The van der Waals surface area contributed by atoms with E-state index in [9.17, 15) is 9.90 Å². The van der Waals surface area contributed by atoms with Gasteiger partial charge in [-0.25, -0.2) is 4.68 Å². The van der Waals surface area contributed by atoms with E-state index in [1.165, 1.54) is 0 Å². The minimum atomic E-state index is -1.02. The van der Waals surface area contributed by atoms with E-state index in [-0.39, 0.29) is 11.9 Å². The SMILES string of the molecule is CC(C)(O)c1cn(C2CN(C(=O)C=Cc3ccc(Cl)cc3)C2)nn1. The Hall–Kier alpha value is -2.18. The summed E-state index contributed by atoms with van der Waals surface area (Å²) in [4.78, 5) is 13.9. The highest BCUT2D eigenvalue weighted by molar-refractivity contribution is 6.30. The number of rotatable bonds is 4. The summed E-state index contributed by atoms with van der Waals surface area (Å²) in [6, 6.07) is 7.39. The van der Waals surface area contributed by atoms with Crippen LogP contribution in [0.5, 0.6) is 0 Å². The molecule has 2 aromatic rings. The van der Waals surface area contributed by atoms with Crippen molar-refractivity contribution in [3.8, 4) is 0 Å². The van der Waals surface area contributed by atoms with Crippen LogP contribution in [-0.2, 0) is 10.4 Å². The number of nitrogens with zero attached hydrogens (tertiary/aromatic N) is 4. The van der Waals surface area contributed by atoms with Crippen LogP contribution in [0.2, 0.25) is 5.02 Å². The summed E-state index contributed by atoms with van der Waals surface area (Å²) < 4.78 is 1.71. The minimum absolute atomic E-state index is 0.0379. The zero-order valence-corrected chi connectivity index (χ0v) is 14.3. The summed E-state index contributed by atoms with van der Waals surface area (Å²) in [5, 5.41) is 18.6. The average molecular weight is 347 g/mol. The highest BCUT2D eigenvalue weighted by Gasteiger charge is 2.32. The van der Waals surface area contributed by atoms with E-state index in [1.807, 2.05) is 12.1 Å². The number of halogens is 1. The number of hydrogen-bond acceptors (Lipinski definition) is 4. The zero-order valence-electron chi connectivity index (χ0n) is 13.6. The monoisotopic (exact) mass is 346 g/mol. The first-order valence-electron chi connectivity index (χ1n) is 7.70. The lowest BCUT2D eigenvalue weighted by molar-refractivity contribution is -0.131. The van der Waals surface area contributed by atoms with Gasteiger partial charge in [0.05, 0.1) is 12.2 Å². The molecule has 3 rings (SSSR count). The molecular weight excluding hydrogens is 328 g/mol. The molecule has 126 valence electrons. The molecule has 6 nitrogen and oxygen atoms in total. The van der Waals surface area contributed by atoms with Crippen LogP contribution in [0.3, 0.4) is 0 Å². The Balaban J connectivity index is 1.55. The maximum atomic E-state index is 12.1. The fourth-order valence-electron chi connectivity index (χ4n) is 2.38. The molecule has 0 spiro atoms. The summed E-state index contributed by atoms with van der Waals surface area (Å²) in [7, 11) is 0. The van der Waals surface area contributed by atoms with E-state index in [4.69, 9.17) is 11.6 Å². The van der Waals surface area contributed by atoms with Crippen LogP contribution < -0.4 is 0 Å². The van der Waals surface area contributed by atoms with Gasteiger partial charge >= 0.3 is 0 Å². The van der Waals surface area contributed by atoms with E-state index < -0.39 is 5.60 Å². The van der Waals surface area contributed by atoms with Crippen molar-refractivity contribution in [2.45, 2.75) is 25.5 Å². The van der Waals surface area contributed by atoms with Crippen molar-refractivity contribution in [3.63, 3.8) is 0 Å². The minimum Gasteiger partial charge on any atom is -0.384 e. The van der Waals surface area contributed by atoms with Gasteiger partial charge in [-0.1, -0.05) is 28.9 Å². The molecule has 0 atom stereocenters. The van der Waals surface area contributed by atoms with Gasteiger partial charge < -0.3 is 10.0 Å². The normalized spacial score (nSPS) is 15.8. The van der Waals surface area contributed by atoms with Gasteiger partial charge in [0.15, 0.2) is 0 Å². The molecule has 0 aliphatic carbocycles. The first-order valence-corrected chi connectivity index (χ1v) is 8.08. The Labute approximate surface area is 145 Å². The fourth-order valence-corrected chi connectivity index (χ4v) is 2.51. The third kappa shape index (κ3) is 3.66. The van der Waals surface area contributed by atoms with Gasteiger partial charge in [-0.05, 0) is 37.6 Å². The number of hydrogen-bond donors (Lipinski definition) is 1. The average Bonchev–Trinajstić information content (AvgIpc) is 2.95. The van der Waals surface area contributed by atoms with E-state index in [0.29, 0.717) is 23.8 Å². The molecule has 7 heteroatoms. The predicted octanol–water partition coefficient (Wildman–Crippen LogP) is 2.26. The smallest absolute Gasteiger partial charge is 0.246 e. The molecule has 0 unspecified atom stereocenters. The van der Waals surface area contributed by atoms with Crippen molar-refractivity contribution in [3.05, 3.63) is 52.8 Å². The molecule has 1 saturated heterocycles. The lowest BCUT2D eigenvalue weighted by Crippen LogP contribution is -2.50. The summed E-state index contributed by atoms with van der Waals surface area (Å²) in [6.07, 6.45) is 5.06. The van der Waals surface area contributed by atoms with Crippen LogP contribution in [-0.4, -0.2) is 44.0 Å². The second-order valence-corrected chi connectivity index (χ2v) is 6.86. The van der Waals surface area contributed by atoms with Gasteiger partial charge in [-0.15, -0.1) is 5.10 Å². The molecule has 1 aromatic heterocycles. The summed E-state index contributed by atoms with van der Waals surface area (Å²) in [5.74, 6) is -0.0379. The van der Waals surface area contributed by atoms with Crippen LogP contribution >= 0.6 is 11.6 Å². The molecule has 1 amide bonds. The van der Waals surface area contributed by atoms with Gasteiger partial charge in [0.1, 0.15) is 11.3 Å².